The molecule has 0 amide bonds. The molecule has 0 saturated carbocycles. The third-order valence-corrected chi connectivity index (χ3v) is 2.22. The molecular weight excluding hydrogens is 248 g/mol. The van der Waals surface area contributed by atoms with Gasteiger partial charge in [0.15, 0.2) is 0 Å². The van der Waals surface area contributed by atoms with Crippen molar-refractivity contribution in [1.29, 1.82) is 0 Å². The predicted octanol–water partition coefficient (Wildman–Crippen LogP) is 1.24. The van der Waals surface area contributed by atoms with Crippen molar-refractivity contribution in [2.45, 2.75) is 19.9 Å². The number of hydrogen-bond acceptors (Lipinski definition) is 4. The molecule has 0 radical (unpaired) electrons. The molecule has 0 aliphatic rings. The van der Waals surface area contributed by atoms with Crippen molar-refractivity contribution in [2.75, 3.05) is 11.9 Å². The number of anilines is 1. The van der Waals surface area contributed by atoms with Gasteiger partial charge in [0.1, 0.15) is 12.6 Å². The van der Waals surface area contributed by atoms with Gasteiger partial charge in [0.2, 0.25) is 0 Å². The van der Waals surface area contributed by atoms with E-state index in [9.17, 15) is 9.59 Å². The maximum atomic E-state index is 10.1. The number of rotatable bonds is 5. The van der Waals surface area contributed by atoms with Gasteiger partial charge in [-0.1, -0.05) is 32.0 Å². The number of carboxylic acids is 2. The van der Waals surface area contributed by atoms with Crippen LogP contribution in [0, 0.1) is 5.92 Å². The number of nitrogens with one attached hydrogen (secondary N) is 1. The molecule has 1 atom stereocenters. The molecule has 0 aliphatic heterocycles. The van der Waals surface area contributed by atoms with Gasteiger partial charge in [0, 0.05) is 5.69 Å². The van der Waals surface area contributed by atoms with Crippen molar-refractivity contribution < 1.29 is 19.8 Å². The smallest absolute Gasteiger partial charge is 0.322 e. The minimum absolute atomic E-state index is 0.0208. The summed E-state index contributed by atoms with van der Waals surface area (Å²) >= 11 is 0. The van der Waals surface area contributed by atoms with Crippen LogP contribution in [0.4, 0.5) is 5.69 Å². The lowest BCUT2D eigenvalue weighted by Crippen LogP contribution is -2.34. The lowest BCUT2D eigenvalue weighted by atomic mass is 10.1. The van der Waals surface area contributed by atoms with Crippen LogP contribution in [0.15, 0.2) is 30.3 Å². The third kappa shape index (κ3) is 8.62. The minimum atomic E-state index is -0.931. The fourth-order valence-electron chi connectivity index (χ4n) is 1.02. The highest BCUT2D eigenvalue weighted by Gasteiger charge is 2.14. The lowest BCUT2D eigenvalue weighted by Gasteiger charge is -2.07. The quantitative estimate of drug-likeness (QED) is 0.639. The molecule has 0 heterocycles. The maximum absolute atomic E-state index is 10.1. The number of nitrogens with two attached hydrogens (primary N) is 1. The van der Waals surface area contributed by atoms with Crippen molar-refractivity contribution in [3.63, 3.8) is 0 Å². The maximum Gasteiger partial charge on any atom is 0.322 e. The summed E-state index contributed by atoms with van der Waals surface area (Å²) in [7, 11) is 0. The fraction of sp³-hybridized carbons (Fsp3) is 0.385. The van der Waals surface area contributed by atoms with E-state index in [4.69, 9.17) is 15.9 Å². The Balaban J connectivity index is 0.000000362. The molecule has 5 N–H and O–H groups in total. The van der Waals surface area contributed by atoms with Crippen LogP contribution in [0.2, 0.25) is 0 Å². The van der Waals surface area contributed by atoms with Crippen LogP contribution in [0.1, 0.15) is 13.8 Å². The zero-order valence-corrected chi connectivity index (χ0v) is 11.0. The monoisotopic (exact) mass is 268 g/mol. The Morgan fingerprint density at radius 3 is 2.05 bits per heavy atom. The predicted molar refractivity (Wildman–Crippen MR) is 73.0 cm³/mol. The van der Waals surface area contributed by atoms with Crippen molar-refractivity contribution in [3.05, 3.63) is 30.3 Å². The zero-order valence-electron chi connectivity index (χ0n) is 11.0. The second-order valence-corrected chi connectivity index (χ2v) is 4.22. The van der Waals surface area contributed by atoms with Crippen LogP contribution in [0.5, 0.6) is 0 Å². The first kappa shape index (κ1) is 16.9. The van der Waals surface area contributed by atoms with Gasteiger partial charge in [0.05, 0.1) is 0 Å². The van der Waals surface area contributed by atoms with Crippen molar-refractivity contribution in [2.24, 2.45) is 11.7 Å². The van der Waals surface area contributed by atoms with Crippen LogP contribution in [0.3, 0.4) is 0 Å². The van der Waals surface area contributed by atoms with E-state index in [0.29, 0.717) is 0 Å². The molecule has 1 aromatic carbocycles. The molecule has 6 nitrogen and oxygen atoms in total. The van der Waals surface area contributed by atoms with Crippen molar-refractivity contribution in [1.82, 2.24) is 0 Å². The normalized spacial score (nSPS) is 11.2. The highest BCUT2D eigenvalue weighted by atomic mass is 16.4. The first-order valence-corrected chi connectivity index (χ1v) is 5.83. The third-order valence-electron chi connectivity index (χ3n) is 2.22. The number of carboxylic acid groups (broad SMARTS) is 2. The van der Waals surface area contributed by atoms with Crippen LogP contribution in [-0.2, 0) is 9.59 Å². The van der Waals surface area contributed by atoms with Crippen molar-refractivity contribution in [3.8, 4) is 0 Å². The molecule has 6 heteroatoms. The van der Waals surface area contributed by atoms with E-state index in [-0.39, 0.29) is 12.5 Å². The van der Waals surface area contributed by atoms with E-state index in [1.54, 1.807) is 13.8 Å². The van der Waals surface area contributed by atoms with Gasteiger partial charge >= 0.3 is 11.9 Å². The van der Waals surface area contributed by atoms with Crippen LogP contribution in [-0.4, -0.2) is 34.7 Å². The number of hydrogen-bond donors (Lipinski definition) is 4. The van der Waals surface area contributed by atoms with Crippen LogP contribution >= 0.6 is 0 Å². The standard InChI is InChI=1S/C8H9NO2.C5H11NO2/c10-8(11)6-9-7-4-2-1-3-5-7;1-3(2)4(6)5(7)8/h1-5,9H,6H2,(H,10,11);3-4H,6H2,1-2H3,(H,7,8)/t;4-/m.0/s1. The fourth-order valence-corrected chi connectivity index (χ4v) is 1.02. The molecule has 1 aromatic rings. The van der Waals surface area contributed by atoms with Gasteiger partial charge in [0.25, 0.3) is 0 Å². The van der Waals surface area contributed by atoms with E-state index in [2.05, 4.69) is 5.32 Å². The summed E-state index contributed by atoms with van der Waals surface area (Å²) in [6, 6.07) is 8.52. The van der Waals surface area contributed by atoms with Crippen LogP contribution < -0.4 is 11.1 Å². The van der Waals surface area contributed by atoms with E-state index in [1.165, 1.54) is 0 Å². The Hall–Kier alpha value is -2.08. The topological polar surface area (TPSA) is 113 Å². The molecule has 0 spiro atoms. The second-order valence-electron chi connectivity index (χ2n) is 4.22. The summed E-state index contributed by atoms with van der Waals surface area (Å²) in [5.41, 5.74) is 5.99. The van der Waals surface area contributed by atoms with Gasteiger partial charge in [-0.05, 0) is 18.1 Å². The summed E-state index contributed by atoms with van der Waals surface area (Å²) in [6.45, 7) is 3.52. The molecule has 0 aliphatic carbocycles. The van der Waals surface area contributed by atoms with Crippen LogP contribution in [0.25, 0.3) is 0 Å². The van der Waals surface area contributed by atoms with E-state index in [1.807, 2.05) is 30.3 Å². The molecule has 0 fully saturated rings. The van der Waals surface area contributed by atoms with Gasteiger partial charge in [-0.15, -0.1) is 0 Å². The average molecular weight is 268 g/mol. The highest BCUT2D eigenvalue weighted by molar-refractivity contribution is 5.73. The Labute approximate surface area is 112 Å². The first-order chi connectivity index (χ1) is 8.84. The molecular formula is C13H20N2O4. The summed E-state index contributed by atoms with van der Waals surface area (Å²) in [6.07, 6.45) is 0. The SMILES string of the molecule is CC(C)[C@H](N)C(=O)O.O=C(O)CNc1ccccc1. The average Bonchev–Trinajstić information content (AvgIpc) is 2.37. The zero-order chi connectivity index (χ0) is 14.8. The van der Waals surface area contributed by atoms with E-state index < -0.39 is 18.0 Å². The summed E-state index contributed by atoms with van der Waals surface area (Å²) < 4.78 is 0. The van der Waals surface area contributed by atoms with Gasteiger partial charge in [-0.25, -0.2) is 0 Å². The molecule has 0 saturated heterocycles. The Bertz CT molecular complexity index is 393. The summed E-state index contributed by atoms with van der Waals surface area (Å²) in [4.78, 5) is 20.1. The largest absolute Gasteiger partial charge is 0.480 e. The Morgan fingerprint density at radius 1 is 1.21 bits per heavy atom. The minimum Gasteiger partial charge on any atom is -0.480 e. The van der Waals surface area contributed by atoms with Gasteiger partial charge in [-0.3, -0.25) is 9.59 Å². The van der Waals surface area contributed by atoms with E-state index >= 15 is 0 Å². The molecule has 106 valence electrons. The first-order valence-electron chi connectivity index (χ1n) is 5.83. The molecule has 0 aromatic heterocycles. The van der Waals surface area contributed by atoms with Gasteiger partial charge < -0.3 is 21.3 Å². The Kier molecular flexibility index (Phi) is 7.95. The molecule has 1 rings (SSSR count). The summed E-state index contributed by atoms with van der Waals surface area (Å²) in [5.74, 6) is -1.76. The van der Waals surface area contributed by atoms with Gasteiger partial charge in [-0.2, -0.15) is 0 Å². The number of aliphatic carboxylic acids is 2. The lowest BCUT2D eigenvalue weighted by molar-refractivity contribution is -0.139. The van der Waals surface area contributed by atoms with Crippen molar-refractivity contribution >= 4 is 17.6 Å². The van der Waals surface area contributed by atoms with E-state index in [0.717, 1.165) is 5.69 Å². The highest BCUT2D eigenvalue weighted by Crippen LogP contribution is 2.03. The summed E-state index contributed by atoms with van der Waals surface area (Å²) in [5, 5.41) is 19.3. The molecule has 19 heavy (non-hydrogen) atoms. The Morgan fingerprint density at radius 2 is 1.74 bits per heavy atom. The molecule has 0 unspecified atom stereocenters. The second kappa shape index (κ2) is 8.93. The number of benzene rings is 1. The molecule has 0 bridgehead atoms. The number of para-hydroxylation sites is 1. The number of carbonyl (C=O) groups is 2.